The smallest absolute Gasteiger partial charge is 0.217 e. The molecule has 1 aromatic rings. The summed E-state index contributed by atoms with van der Waals surface area (Å²) in [5.74, 6) is 0. The number of hydrogen-bond acceptors (Lipinski definition) is 4. The molecule has 88 valence electrons. The molecule has 0 aliphatic carbocycles. The summed E-state index contributed by atoms with van der Waals surface area (Å²) in [4.78, 5) is 10.3. The van der Waals surface area contributed by atoms with Crippen molar-refractivity contribution < 1.29 is 19.6 Å². The van der Waals surface area contributed by atoms with Crippen LogP contribution in [0.3, 0.4) is 0 Å². The molecule has 0 bridgehead atoms. The first-order valence-electron chi connectivity index (χ1n) is 5.28. The number of rotatable bonds is 2. The van der Waals surface area contributed by atoms with Crippen molar-refractivity contribution in [2.24, 2.45) is 0 Å². The average molecular weight is 224 g/mol. The molecule has 4 heteroatoms. The van der Waals surface area contributed by atoms with Crippen LogP contribution >= 0.6 is 0 Å². The van der Waals surface area contributed by atoms with Gasteiger partial charge in [-0.2, -0.15) is 4.89 Å². The lowest BCUT2D eigenvalue weighted by atomic mass is 10.0. The molecule has 0 aromatic heterocycles. The fourth-order valence-corrected chi connectivity index (χ4v) is 1.43. The molecule has 0 amide bonds. The molecular weight excluding hydrogens is 208 g/mol. The van der Waals surface area contributed by atoms with E-state index < -0.39 is 18.0 Å². The first kappa shape index (κ1) is 11.5. The summed E-state index contributed by atoms with van der Waals surface area (Å²) in [7, 11) is 0. The number of aliphatic hydroxyl groups is 1. The zero-order chi connectivity index (χ0) is 11.6. The Kier molecular flexibility index (Phi) is 3.25. The summed E-state index contributed by atoms with van der Waals surface area (Å²) in [6.45, 7) is 3.63. The molecule has 2 atom stereocenters. The molecule has 1 saturated heterocycles. The standard InChI is InChI=1S/C12H16O4/c1-12(2,13)10-8-14-11(16-15-10)9-6-4-3-5-7-9/h3-7,10-11,13H,8H2,1-2H3. The van der Waals surface area contributed by atoms with Gasteiger partial charge in [0.15, 0.2) is 0 Å². The van der Waals surface area contributed by atoms with Gasteiger partial charge in [-0.3, -0.25) is 0 Å². The zero-order valence-corrected chi connectivity index (χ0v) is 9.42. The van der Waals surface area contributed by atoms with Crippen molar-refractivity contribution in [2.75, 3.05) is 6.61 Å². The zero-order valence-electron chi connectivity index (χ0n) is 9.42. The highest BCUT2D eigenvalue weighted by molar-refractivity contribution is 5.15. The highest BCUT2D eigenvalue weighted by Crippen LogP contribution is 2.27. The second-order valence-corrected chi connectivity index (χ2v) is 4.41. The normalized spacial score (nSPS) is 26.7. The maximum Gasteiger partial charge on any atom is 0.217 e. The SMILES string of the molecule is CC(C)(O)C1COC(c2ccccc2)OO1. The Morgan fingerprint density at radius 3 is 2.38 bits per heavy atom. The summed E-state index contributed by atoms with van der Waals surface area (Å²) < 4.78 is 5.50. The van der Waals surface area contributed by atoms with E-state index in [2.05, 4.69) is 0 Å². The molecule has 4 nitrogen and oxygen atoms in total. The predicted octanol–water partition coefficient (Wildman–Crippen LogP) is 1.80. The molecule has 1 heterocycles. The second-order valence-electron chi connectivity index (χ2n) is 4.41. The van der Waals surface area contributed by atoms with Gasteiger partial charge in [-0.05, 0) is 13.8 Å². The summed E-state index contributed by atoms with van der Waals surface area (Å²) >= 11 is 0. The highest BCUT2D eigenvalue weighted by Gasteiger charge is 2.35. The molecular formula is C12H16O4. The second kappa shape index (κ2) is 4.51. The van der Waals surface area contributed by atoms with Crippen molar-refractivity contribution in [3.63, 3.8) is 0 Å². The topological polar surface area (TPSA) is 47.9 Å². The lowest BCUT2D eigenvalue weighted by Crippen LogP contribution is -2.45. The molecule has 1 aliphatic heterocycles. The Morgan fingerprint density at radius 1 is 1.19 bits per heavy atom. The van der Waals surface area contributed by atoms with E-state index in [1.54, 1.807) is 13.8 Å². The Balaban J connectivity index is 1.96. The third kappa shape index (κ3) is 2.59. The van der Waals surface area contributed by atoms with Crippen LogP contribution in [0.2, 0.25) is 0 Å². The minimum atomic E-state index is -0.971. The van der Waals surface area contributed by atoms with Gasteiger partial charge in [0.05, 0.1) is 12.2 Å². The van der Waals surface area contributed by atoms with Gasteiger partial charge in [0.1, 0.15) is 6.10 Å². The molecule has 1 aliphatic rings. The Bertz CT molecular complexity index is 323. The van der Waals surface area contributed by atoms with E-state index in [9.17, 15) is 5.11 Å². The minimum Gasteiger partial charge on any atom is -0.388 e. The van der Waals surface area contributed by atoms with Crippen molar-refractivity contribution in [1.29, 1.82) is 0 Å². The summed E-state index contributed by atoms with van der Waals surface area (Å²) in [6.07, 6.45) is -0.979. The van der Waals surface area contributed by atoms with Crippen LogP contribution in [-0.4, -0.2) is 23.4 Å². The fourth-order valence-electron chi connectivity index (χ4n) is 1.43. The maximum absolute atomic E-state index is 9.71. The van der Waals surface area contributed by atoms with Gasteiger partial charge in [-0.1, -0.05) is 30.3 Å². The molecule has 0 spiro atoms. The molecule has 1 N–H and O–H groups in total. The number of ether oxygens (including phenoxy) is 1. The lowest BCUT2D eigenvalue weighted by Gasteiger charge is -2.34. The monoisotopic (exact) mass is 224 g/mol. The average Bonchev–Trinajstić information content (AvgIpc) is 2.29. The number of benzene rings is 1. The van der Waals surface area contributed by atoms with Gasteiger partial charge in [0.2, 0.25) is 6.29 Å². The van der Waals surface area contributed by atoms with Crippen LogP contribution in [0.25, 0.3) is 0 Å². The van der Waals surface area contributed by atoms with E-state index in [0.717, 1.165) is 5.56 Å². The van der Waals surface area contributed by atoms with Gasteiger partial charge >= 0.3 is 0 Å². The fraction of sp³-hybridized carbons (Fsp3) is 0.500. The van der Waals surface area contributed by atoms with E-state index in [4.69, 9.17) is 14.5 Å². The van der Waals surface area contributed by atoms with Gasteiger partial charge in [0.25, 0.3) is 0 Å². The van der Waals surface area contributed by atoms with E-state index in [1.165, 1.54) is 0 Å². The summed E-state index contributed by atoms with van der Waals surface area (Å²) in [5.41, 5.74) is -0.0709. The lowest BCUT2D eigenvalue weighted by molar-refractivity contribution is -0.460. The van der Waals surface area contributed by atoms with Gasteiger partial charge < -0.3 is 9.84 Å². The Labute approximate surface area is 94.7 Å². The number of hydrogen-bond donors (Lipinski definition) is 1. The van der Waals surface area contributed by atoms with Crippen LogP contribution in [0.4, 0.5) is 0 Å². The molecule has 2 rings (SSSR count). The third-order valence-electron chi connectivity index (χ3n) is 2.52. The first-order chi connectivity index (χ1) is 7.57. The van der Waals surface area contributed by atoms with E-state index in [0.29, 0.717) is 6.61 Å². The predicted molar refractivity (Wildman–Crippen MR) is 57.4 cm³/mol. The largest absolute Gasteiger partial charge is 0.388 e. The highest BCUT2D eigenvalue weighted by atomic mass is 17.2. The molecule has 1 aromatic carbocycles. The van der Waals surface area contributed by atoms with Gasteiger partial charge in [-0.15, -0.1) is 0 Å². The van der Waals surface area contributed by atoms with Crippen LogP contribution < -0.4 is 0 Å². The van der Waals surface area contributed by atoms with Crippen LogP contribution in [0.5, 0.6) is 0 Å². The van der Waals surface area contributed by atoms with Crippen molar-refractivity contribution >= 4 is 0 Å². The summed E-state index contributed by atoms with van der Waals surface area (Å²) in [6, 6.07) is 9.54. The van der Waals surface area contributed by atoms with Crippen molar-refractivity contribution in [3.05, 3.63) is 35.9 Å². The van der Waals surface area contributed by atoms with Crippen LogP contribution in [-0.2, 0) is 14.5 Å². The van der Waals surface area contributed by atoms with Crippen LogP contribution in [0, 0.1) is 0 Å². The van der Waals surface area contributed by atoms with Gasteiger partial charge in [-0.25, -0.2) is 4.89 Å². The first-order valence-corrected chi connectivity index (χ1v) is 5.28. The van der Waals surface area contributed by atoms with E-state index in [-0.39, 0.29) is 0 Å². The minimum absolute atomic E-state index is 0.309. The molecule has 0 radical (unpaired) electrons. The van der Waals surface area contributed by atoms with Crippen molar-refractivity contribution in [2.45, 2.75) is 31.8 Å². The van der Waals surface area contributed by atoms with Crippen molar-refractivity contribution in [1.82, 2.24) is 0 Å². The van der Waals surface area contributed by atoms with Gasteiger partial charge in [0, 0.05) is 5.56 Å². The quantitative estimate of drug-likeness (QED) is 0.778. The van der Waals surface area contributed by atoms with Crippen LogP contribution in [0.1, 0.15) is 25.7 Å². The summed E-state index contributed by atoms with van der Waals surface area (Å²) in [5, 5.41) is 9.71. The maximum atomic E-state index is 9.71. The molecule has 1 fully saturated rings. The van der Waals surface area contributed by atoms with Crippen molar-refractivity contribution in [3.8, 4) is 0 Å². The van der Waals surface area contributed by atoms with E-state index >= 15 is 0 Å². The third-order valence-corrected chi connectivity index (χ3v) is 2.52. The molecule has 16 heavy (non-hydrogen) atoms. The molecule has 2 unspecified atom stereocenters. The molecule has 0 saturated carbocycles. The Hall–Kier alpha value is -0.940. The van der Waals surface area contributed by atoms with Crippen LogP contribution in [0.15, 0.2) is 30.3 Å². The van der Waals surface area contributed by atoms with E-state index in [1.807, 2.05) is 30.3 Å². The Morgan fingerprint density at radius 2 is 1.88 bits per heavy atom.